The third kappa shape index (κ3) is 4.43. The van der Waals surface area contributed by atoms with E-state index in [4.69, 9.17) is 10.5 Å². The Morgan fingerprint density at radius 1 is 1.27 bits per heavy atom. The van der Waals surface area contributed by atoms with Gasteiger partial charge in [0, 0.05) is 13.1 Å². The highest BCUT2D eigenvalue weighted by atomic mass is 32.2. The lowest BCUT2D eigenvalue weighted by Gasteiger charge is -2.50. The SMILES string of the molecule is CC(C)(C)[Si](C)(C)N(N1CCC(OC(N)=O)CC1)S(C)(=O)=O. The first-order valence-electron chi connectivity index (χ1n) is 7.48. The van der Waals surface area contributed by atoms with Crippen LogP contribution >= 0.6 is 0 Å². The molecule has 7 nitrogen and oxygen atoms in total. The Bertz CT molecular complexity index is 508. The van der Waals surface area contributed by atoms with Crippen LogP contribution < -0.4 is 5.73 Å². The number of primary amides is 1. The fourth-order valence-corrected chi connectivity index (χ4v) is 8.77. The van der Waals surface area contributed by atoms with Crippen molar-refractivity contribution in [3.8, 4) is 0 Å². The summed E-state index contributed by atoms with van der Waals surface area (Å²) in [5.74, 6) is 0. The highest BCUT2D eigenvalue weighted by molar-refractivity contribution is 7.89. The molecule has 1 aliphatic rings. The van der Waals surface area contributed by atoms with Crippen LogP contribution in [0.3, 0.4) is 0 Å². The Balaban J connectivity index is 2.96. The van der Waals surface area contributed by atoms with Crippen molar-refractivity contribution in [3.63, 3.8) is 0 Å². The van der Waals surface area contributed by atoms with Gasteiger partial charge >= 0.3 is 6.09 Å². The highest BCUT2D eigenvalue weighted by Crippen LogP contribution is 2.40. The van der Waals surface area contributed by atoms with E-state index in [0.29, 0.717) is 25.9 Å². The molecule has 1 rings (SSSR count). The largest absolute Gasteiger partial charge is 0.446 e. The summed E-state index contributed by atoms with van der Waals surface area (Å²) in [6, 6.07) is 0. The first-order chi connectivity index (χ1) is 9.76. The van der Waals surface area contributed by atoms with Gasteiger partial charge in [-0.15, -0.1) is 0 Å². The quantitative estimate of drug-likeness (QED) is 0.779. The van der Waals surface area contributed by atoms with E-state index < -0.39 is 24.4 Å². The number of rotatable bonds is 4. The Hall–Kier alpha value is -0.643. The number of carbonyl (C=O) groups excluding carboxylic acids is 1. The van der Waals surface area contributed by atoms with Crippen LogP contribution in [0.2, 0.25) is 18.1 Å². The lowest BCUT2D eigenvalue weighted by molar-refractivity contribution is 0.0165. The van der Waals surface area contributed by atoms with Crippen molar-refractivity contribution in [2.75, 3.05) is 19.3 Å². The van der Waals surface area contributed by atoms with E-state index in [0.717, 1.165) is 0 Å². The van der Waals surface area contributed by atoms with Crippen molar-refractivity contribution >= 4 is 24.4 Å². The molecule has 0 aromatic rings. The van der Waals surface area contributed by atoms with Crippen molar-refractivity contribution in [1.29, 1.82) is 0 Å². The minimum atomic E-state index is -3.36. The van der Waals surface area contributed by atoms with Gasteiger partial charge in [-0.05, 0) is 17.9 Å². The normalized spacial score (nSPS) is 19.4. The van der Waals surface area contributed by atoms with Gasteiger partial charge in [0.15, 0.2) is 8.24 Å². The Labute approximate surface area is 134 Å². The van der Waals surface area contributed by atoms with Gasteiger partial charge in [0.2, 0.25) is 10.0 Å². The second-order valence-corrected chi connectivity index (χ2v) is 14.6. The number of ether oxygens (including phenoxy) is 1. The fraction of sp³-hybridized carbons (Fsp3) is 0.923. The average Bonchev–Trinajstić information content (AvgIpc) is 2.27. The number of sulfonamides is 1. The van der Waals surface area contributed by atoms with Crippen LogP contribution in [-0.4, -0.2) is 57.3 Å². The molecule has 1 aliphatic heterocycles. The van der Waals surface area contributed by atoms with E-state index in [2.05, 4.69) is 33.9 Å². The van der Waals surface area contributed by atoms with Crippen LogP contribution in [-0.2, 0) is 14.8 Å². The Morgan fingerprint density at radius 2 is 1.73 bits per heavy atom. The van der Waals surface area contributed by atoms with Gasteiger partial charge in [-0.25, -0.2) is 18.2 Å². The average molecular weight is 352 g/mol. The molecule has 1 heterocycles. The molecule has 0 radical (unpaired) electrons. The van der Waals surface area contributed by atoms with Crippen molar-refractivity contribution < 1.29 is 17.9 Å². The first kappa shape index (κ1) is 19.4. The molecule has 0 atom stereocenters. The molecular weight excluding hydrogens is 322 g/mol. The molecule has 22 heavy (non-hydrogen) atoms. The second kappa shape index (κ2) is 6.46. The number of carbonyl (C=O) groups is 1. The van der Waals surface area contributed by atoms with Crippen LogP contribution in [0.5, 0.6) is 0 Å². The summed E-state index contributed by atoms with van der Waals surface area (Å²) in [7, 11) is -5.63. The summed E-state index contributed by atoms with van der Waals surface area (Å²) in [6.07, 6.45) is 1.43. The zero-order valence-corrected chi connectivity index (χ0v) is 16.2. The van der Waals surface area contributed by atoms with E-state index >= 15 is 0 Å². The van der Waals surface area contributed by atoms with E-state index in [9.17, 15) is 13.2 Å². The minimum absolute atomic E-state index is 0.101. The predicted octanol–water partition coefficient (Wildman–Crippen LogP) is 1.73. The van der Waals surface area contributed by atoms with Gasteiger partial charge in [0.1, 0.15) is 6.10 Å². The fourth-order valence-electron chi connectivity index (χ4n) is 2.57. The third-order valence-corrected chi connectivity index (χ3v) is 12.7. The molecule has 0 spiro atoms. The van der Waals surface area contributed by atoms with Crippen molar-refractivity contribution in [3.05, 3.63) is 0 Å². The predicted molar refractivity (Wildman–Crippen MR) is 89.1 cm³/mol. The third-order valence-electron chi connectivity index (χ3n) is 4.59. The maximum atomic E-state index is 12.4. The molecule has 9 heteroatoms. The first-order valence-corrected chi connectivity index (χ1v) is 12.3. The molecule has 0 saturated carbocycles. The summed E-state index contributed by atoms with van der Waals surface area (Å²) < 4.78 is 31.4. The zero-order chi connectivity index (χ0) is 17.3. The Kier molecular flexibility index (Phi) is 5.70. The van der Waals surface area contributed by atoms with E-state index in [-0.39, 0.29) is 11.1 Å². The monoisotopic (exact) mass is 351 g/mol. The van der Waals surface area contributed by atoms with E-state index in [1.807, 2.05) is 5.01 Å². The number of hydrogen-bond donors (Lipinski definition) is 1. The van der Waals surface area contributed by atoms with Crippen molar-refractivity contribution in [1.82, 2.24) is 9.09 Å². The zero-order valence-electron chi connectivity index (χ0n) is 14.4. The van der Waals surface area contributed by atoms with Gasteiger partial charge in [-0.1, -0.05) is 33.9 Å². The van der Waals surface area contributed by atoms with Crippen molar-refractivity contribution in [2.24, 2.45) is 5.73 Å². The Morgan fingerprint density at radius 3 is 2.05 bits per heavy atom. The summed E-state index contributed by atoms with van der Waals surface area (Å²) in [5, 5.41) is 1.80. The van der Waals surface area contributed by atoms with Gasteiger partial charge in [0.25, 0.3) is 0 Å². The summed E-state index contributed by atoms with van der Waals surface area (Å²) in [4.78, 5) is 10.8. The number of hydrogen-bond acceptors (Lipinski definition) is 5. The molecule has 0 aliphatic carbocycles. The van der Waals surface area contributed by atoms with Gasteiger partial charge in [-0.2, -0.15) is 4.08 Å². The number of piperidine rings is 1. The molecule has 0 unspecified atom stereocenters. The topological polar surface area (TPSA) is 92.9 Å². The lowest BCUT2D eigenvalue weighted by atomic mass is 10.1. The summed E-state index contributed by atoms with van der Waals surface area (Å²) in [5.41, 5.74) is 5.04. The van der Waals surface area contributed by atoms with Crippen LogP contribution in [0, 0.1) is 0 Å². The molecule has 1 amide bonds. The number of amides is 1. The number of hydrazine groups is 1. The molecule has 0 aromatic carbocycles. The molecule has 2 N–H and O–H groups in total. The number of nitrogens with zero attached hydrogens (tertiary/aromatic N) is 2. The smallest absolute Gasteiger partial charge is 0.404 e. The van der Waals surface area contributed by atoms with Crippen LogP contribution in [0.25, 0.3) is 0 Å². The summed E-state index contributed by atoms with van der Waals surface area (Å²) >= 11 is 0. The maximum Gasteiger partial charge on any atom is 0.404 e. The van der Waals surface area contributed by atoms with E-state index in [1.165, 1.54) is 6.26 Å². The van der Waals surface area contributed by atoms with Crippen molar-refractivity contribution in [2.45, 2.75) is 57.8 Å². The van der Waals surface area contributed by atoms with Crippen LogP contribution in [0.1, 0.15) is 33.6 Å². The second-order valence-electron chi connectivity index (χ2n) is 7.40. The molecular formula is C13H29N3O4SSi. The molecule has 1 fully saturated rings. The van der Waals surface area contributed by atoms with Gasteiger partial charge in [0.05, 0.1) is 6.26 Å². The molecule has 130 valence electrons. The molecule has 0 aromatic heterocycles. The van der Waals surface area contributed by atoms with Gasteiger partial charge < -0.3 is 10.5 Å². The molecule has 1 saturated heterocycles. The minimum Gasteiger partial charge on any atom is -0.446 e. The van der Waals surface area contributed by atoms with E-state index in [1.54, 1.807) is 4.08 Å². The summed E-state index contributed by atoms with van der Waals surface area (Å²) in [6.45, 7) is 11.5. The highest BCUT2D eigenvalue weighted by Gasteiger charge is 2.48. The standard InChI is InChI=1S/C13H29N3O4SSi/c1-13(2,3)22(5,6)16(21(4,18)19)15-9-7-11(8-10-15)20-12(14)17/h11H,7-10H2,1-6H3,(H2,14,17). The van der Waals surface area contributed by atoms with Crippen LogP contribution in [0.4, 0.5) is 4.79 Å². The van der Waals surface area contributed by atoms with Gasteiger partial charge in [-0.3, -0.25) is 0 Å². The molecule has 0 bridgehead atoms. The lowest BCUT2D eigenvalue weighted by Crippen LogP contribution is -2.65. The maximum absolute atomic E-state index is 12.4. The number of nitrogens with two attached hydrogens (primary N) is 1. The van der Waals surface area contributed by atoms with Crippen LogP contribution in [0.15, 0.2) is 0 Å².